The van der Waals surface area contributed by atoms with Gasteiger partial charge in [-0.25, -0.2) is 0 Å². The third-order valence-electron chi connectivity index (χ3n) is 7.21. The SMILES string of the molecule is C=CC[P+](C1CCCCC1)(C1CCCCC1)C1CCCCC1.[CH3-].[Pd]. The first-order valence-corrected chi connectivity index (χ1v) is 12.5. The monoisotopic (exact) mass is 442 g/mol. The Kier molecular flexibility index (Phi) is 11.0. The van der Waals surface area contributed by atoms with E-state index in [-0.39, 0.29) is 27.8 Å². The van der Waals surface area contributed by atoms with E-state index in [0.717, 1.165) is 17.0 Å². The maximum absolute atomic E-state index is 4.26. The summed E-state index contributed by atoms with van der Waals surface area (Å²) in [5.74, 6) is 0. The summed E-state index contributed by atoms with van der Waals surface area (Å²) in [5.41, 5.74) is 3.39. The van der Waals surface area contributed by atoms with Crippen LogP contribution in [0.15, 0.2) is 12.7 Å². The van der Waals surface area contributed by atoms with Gasteiger partial charge in [-0.05, 0) is 77.0 Å². The van der Waals surface area contributed by atoms with Crippen LogP contribution in [0.2, 0.25) is 0 Å². The Labute approximate surface area is 167 Å². The fourth-order valence-corrected chi connectivity index (χ4v) is 13.4. The van der Waals surface area contributed by atoms with Crippen molar-refractivity contribution < 1.29 is 20.4 Å². The topological polar surface area (TPSA) is 0 Å². The van der Waals surface area contributed by atoms with Crippen LogP contribution in [0.5, 0.6) is 0 Å². The molecule has 0 nitrogen and oxygen atoms in total. The van der Waals surface area contributed by atoms with E-state index < -0.39 is 7.26 Å². The zero-order valence-corrected chi connectivity index (χ0v) is 18.5. The van der Waals surface area contributed by atoms with Crippen LogP contribution >= 0.6 is 7.26 Å². The number of hydrogen-bond donors (Lipinski definition) is 0. The fraction of sp³-hybridized carbons (Fsp3) is 0.864. The quantitative estimate of drug-likeness (QED) is 0.177. The van der Waals surface area contributed by atoms with Crippen LogP contribution in [-0.4, -0.2) is 23.1 Å². The second-order valence-corrected chi connectivity index (χ2v) is 12.9. The largest absolute Gasteiger partial charge is 0.358 e. The first-order chi connectivity index (χ1) is 10.9. The standard InChI is InChI=1S/C21H38P.CH3.Pd/c1-2-18-22(19-12-6-3-7-13-19,20-14-8-4-9-15-20)21-16-10-5-11-17-21;;/h2,19-21H,1,3-18H2;1H3;/q+1;-1;. The average molecular weight is 443 g/mol. The minimum Gasteiger partial charge on any atom is -0.358 e. The van der Waals surface area contributed by atoms with Crippen LogP contribution in [0, 0.1) is 7.43 Å². The maximum Gasteiger partial charge on any atom is 0.0779 e. The van der Waals surface area contributed by atoms with E-state index >= 15 is 0 Å². The van der Waals surface area contributed by atoms with Crippen molar-refractivity contribution in [1.82, 2.24) is 0 Å². The molecule has 0 heterocycles. The van der Waals surface area contributed by atoms with Crippen LogP contribution in [0.4, 0.5) is 0 Å². The number of rotatable bonds is 5. The number of hydrogen-bond acceptors (Lipinski definition) is 0. The smallest absolute Gasteiger partial charge is 0.0779 e. The van der Waals surface area contributed by atoms with Crippen molar-refractivity contribution in [3.63, 3.8) is 0 Å². The molecule has 3 saturated carbocycles. The van der Waals surface area contributed by atoms with Gasteiger partial charge in [0.15, 0.2) is 0 Å². The van der Waals surface area contributed by atoms with E-state index in [4.69, 9.17) is 0 Å². The van der Waals surface area contributed by atoms with Gasteiger partial charge in [0.25, 0.3) is 0 Å². The Bertz CT molecular complexity index is 290. The first kappa shape index (κ1) is 22.9. The van der Waals surface area contributed by atoms with Crippen LogP contribution in [0.3, 0.4) is 0 Å². The molecule has 0 unspecified atom stereocenters. The third-order valence-corrected chi connectivity index (χ3v) is 13.7. The van der Waals surface area contributed by atoms with E-state index in [1.807, 2.05) is 0 Å². The Morgan fingerprint density at radius 3 is 1.17 bits per heavy atom. The van der Waals surface area contributed by atoms with Gasteiger partial charge < -0.3 is 7.43 Å². The molecule has 3 fully saturated rings. The Morgan fingerprint density at radius 2 is 0.917 bits per heavy atom. The molecule has 0 bridgehead atoms. The van der Waals surface area contributed by atoms with Crippen LogP contribution < -0.4 is 0 Å². The minimum absolute atomic E-state index is 0. The van der Waals surface area contributed by atoms with Crippen molar-refractivity contribution in [2.45, 2.75) is 113 Å². The summed E-state index contributed by atoms with van der Waals surface area (Å²) in [4.78, 5) is 0. The predicted octanol–water partition coefficient (Wildman–Crippen LogP) is 7.64. The van der Waals surface area contributed by atoms with Crippen LogP contribution in [0.1, 0.15) is 96.3 Å². The van der Waals surface area contributed by atoms with Gasteiger partial charge in [0.05, 0.1) is 23.1 Å². The van der Waals surface area contributed by atoms with Gasteiger partial charge in [0.1, 0.15) is 0 Å². The molecule has 3 aliphatic carbocycles. The summed E-state index contributed by atoms with van der Waals surface area (Å²) in [6, 6.07) is 0. The van der Waals surface area contributed by atoms with Crippen molar-refractivity contribution in [1.29, 1.82) is 0 Å². The third kappa shape index (κ3) is 4.96. The molecule has 0 aromatic carbocycles. The summed E-state index contributed by atoms with van der Waals surface area (Å²) in [6.45, 7) is 4.26. The van der Waals surface area contributed by atoms with Crippen molar-refractivity contribution in [3.8, 4) is 0 Å². The fourth-order valence-electron chi connectivity index (χ4n) is 6.25. The summed E-state index contributed by atoms with van der Waals surface area (Å²) in [7, 11) is -0.840. The molecule has 0 N–H and O–H groups in total. The van der Waals surface area contributed by atoms with Gasteiger partial charge in [-0.2, -0.15) is 0 Å². The van der Waals surface area contributed by atoms with Gasteiger partial charge >= 0.3 is 0 Å². The molecule has 0 radical (unpaired) electrons. The van der Waals surface area contributed by atoms with Gasteiger partial charge in [0, 0.05) is 27.7 Å². The van der Waals surface area contributed by atoms with E-state index in [0.29, 0.717) is 0 Å². The summed E-state index contributed by atoms with van der Waals surface area (Å²) in [5, 5.41) is 0. The van der Waals surface area contributed by atoms with Crippen molar-refractivity contribution in [3.05, 3.63) is 20.1 Å². The molecule has 2 heteroatoms. The van der Waals surface area contributed by atoms with Gasteiger partial charge in [-0.1, -0.05) is 31.9 Å². The molecule has 0 aliphatic heterocycles. The summed E-state index contributed by atoms with van der Waals surface area (Å²) < 4.78 is 0. The molecule has 3 aliphatic rings. The molecule has 0 atom stereocenters. The first-order valence-electron chi connectivity index (χ1n) is 10.4. The molecule has 0 amide bonds. The molecule has 0 saturated heterocycles. The van der Waals surface area contributed by atoms with E-state index in [1.54, 1.807) is 38.5 Å². The van der Waals surface area contributed by atoms with Gasteiger partial charge in [-0.15, -0.1) is 0 Å². The molecule has 24 heavy (non-hydrogen) atoms. The van der Waals surface area contributed by atoms with E-state index in [1.165, 1.54) is 63.9 Å². The zero-order valence-electron chi connectivity index (χ0n) is 16.1. The summed E-state index contributed by atoms with van der Waals surface area (Å²) >= 11 is 0. The normalized spacial score (nSPS) is 24.7. The molecule has 3 rings (SSSR count). The molecule has 144 valence electrons. The van der Waals surface area contributed by atoms with Crippen LogP contribution in [0.25, 0.3) is 0 Å². The molecule has 0 aromatic heterocycles. The molecular weight excluding hydrogens is 402 g/mol. The average Bonchev–Trinajstić information content (AvgIpc) is 2.62. The second kappa shape index (κ2) is 11.5. The zero-order chi connectivity index (χ0) is 15.3. The summed E-state index contributed by atoms with van der Waals surface area (Å²) in [6.07, 6.45) is 27.0. The number of allylic oxidation sites excluding steroid dienone is 1. The van der Waals surface area contributed by atoms with Gasteiger partial charge in [-0.3, -0.25) is 0 Å². The Hall–Kier alpha value is 0.832. The Morgan fingerprint density at radius 1 is 0.625 bits per heavy atom. The van der Waals surface area contributed by atoms with Crippen molar-refractivity contribution in [2.24, 2.45) is 0 Å². The van der Waals surface area contributed by atoms with Crippen molar-refractivity contribution >= 4 is 7.26 Å². The molecule has 0 aromatic rings. The molecular formula is C22H41PPd. The maximum atomic E-state index is 4.26. The Balaban J connectivity index is 0.00000144. The van der Waals surface area contributed by atoms with Gasteiger partial charge in [0.2, 0.25) is 0 Å². The second-order valence-electron chi connectivity index (χ2n) is 8.34. The predicted molar refractivity (Wildman–Crippen MR) is 109 cm³/mol. The van der Waals surface area contributed by atoms with Crippen LogP contribution in [-0.2, 0) is 20.4 Å². The van der Waals surface area contributed by atoms with E-state index in [2.05, 4.69) is 12.7 Å². The van der Waals surface area contributed by atoms with Crippen molar-refractivity contribution in [2.75, 3.05) is 6.16 Å². The van der Waals surface area contributed by atoms with E-state index in [9.17, 15) is 0 Å². The minimum atomic E-state index is -0.840. The molecule has 0 spiro atoms.